The Morgan fingerprint density at radius 2 is 2.03 bits per heavy atom. The Labute approximate surface area is 184 Å². The number of carbonyl (C=O) groups is 2. The summed E-state index contributed by atoms with van der Waals surface area (Å²) in [6, 6.07) is 4.31. The lowest BCUT2D eigenvalue weighted by Gasteiger charge is -2.36. The first kappa shape index (κ1) is 23.5. The van der Waals surface area contributed by atoms with Crippen LogP contribution in [0.25, 0.3) is 0 Å². The summed E-state index contributed by atoms with van der Waals surface area (Å²) in [5, 5.41) is 24.3. The molecule has 0 unspecified atom stereocenters. The number of ether oxygens (including phenoxy) is 1. The van der Waals surface area contributed by atoms with E-state index >= 15 is 0 Å². The van der Waals surface area contributed by atoms with Crippen molar-refractivity contribution in [1.82, 2.24) is 15.8 Å². The molecule has 32 heavy (non-hydrogen) atoms. The molecular formula is C21H28FN5O5. The van der Waals surface area contributed by atoms with Crippen LogP contribution in [-0.2, 0) is 4.74 Å². The van der Waals surface area contributed by atoms with Crippen LogP contribution in [0.1, 0.15) is 30.7 Å². The third-order valence-electron chi connectivity index (χ3n) is 5.22. The number of halogens is 1. The third-order valence-corrected chi connectivity index (χ3v) is 5.22. The van der Waals surface area contributed by atoms with Gasteiger partial charge in [0.15, 0.2) is 5.76 Å². The molecule has 174 valence electrons. The number of anilines is 2. The molecule has 1 aliphatic heterocycles. The monoisotopic (exact) mass is 449 g/mol. The molecule has 0 radical (unpaired) electrons. The van der Waals surface area contributed by atoms with E-state index in [4.69, 9.17) is 9.26 Å². The van der Waals surface area contributed by atoms with Gasteiger partial charge in [0.05, 0.1) is 18.8 Å². The molecule has 3 rings (SSSR count). The van der Waals surface area contributed by atoms with Gasteiger partial charge in [-0.15, -0.1) is 0 Å². The lowest BCUT2D eigenvalue weighted by atomic mass is 9.97. The summed E-state index contributed by atoms with van der Waals surface area (Å²) in [6.45, 7) is 3.56. The van der Waals surface area contributed by atoms with Crippen molar-refractivity contribution in [2.45, 2.75) is 51.4 Å². The summed E-state index contributed by atoms with van der Waals surface area (Å²) >= 11 is 0. The molecule has 4 amide bonds. The van der Waals surface area contributed by atoms with E-state index < -0.39 is 18.0 Å². The van der Waals surface area contributed by atoms with Crippen LogP contribution >= 0.6 is 0 Å². The van der Waals surface area contributed by atoms with E-state index in [1.807, 2.05) is 0 Å². The second kappa shape index (κ2) is 10.9. The number of nitrogens with one attached hydrogen (secondary N) is 4. The van der Waals surface area contributed by atoms with Gasteiger partial charge in [-0.2, -0.15) is 0 Å². The first-order chi connectivity index (χ1) is 15.4. The van der Waals surface area contributed by atoms with Gasteiger partial charge in [-0.1, -0.05) is 11.2 Å². The molecule has 1 saturated heterocycles. The zero-order valence-electron chi connectivity index (χ0n) is 18.0. The largest absolute Gasteiger partial charge is 0.394 e. The molecule has 1 aliphatic rings. The lowest BCUT2D eigenvalue weighted by Crippen LogP contribution is -2.52. The molecule has 0 saturated carbocycles. The average molecular weight is 449 g/mol. The van der Waals surface area contributed by atoms with Crippen LogP contribution in [0.2, 0.25) is 0 Å². The number of aliphatic hydroxyl groups excluding tert-OH is 1. The highest BCUT2D eigenvalue weighted by Crippen LogP contribution is 2.22. The number of aromatic nitrogens is 1. The summed E-state index contributed by atoms with van der Waals surface area (Å²) in [5.41, 5.74) is 1.47. The summed E-state index contributed by atoms with van der Waals surface area (Å²) in [7, 11) is 0. The molecule has 1 aromatic carbocycles. The maximum Gasteiger partial charge on any atom is 0.319 e. The number of benzene rings is 1. The topological polar surface area (TPSA) is 138 Å². The summed E-state index contributed by atoms with van der Waals surface area (Å²) < 4.78 is 24.2. The van der Waals surface area contributed by atoms with Crippen molar-refractivity contribution in [2.24, 2.45) is 0 Å². The Balaban J connectivity index is 1.41. The quantitative estimate of drug-likeness (QED) is 0.441. The van der Waals surface area contributed by atoms with Crippen LogP contribution < -0.4 is 21.3 Å². The molecule has 11 heteroatoms. The molecule has 2 aromatic rings. The smallest absolute Gasteiger partial charge is 0.319 e. The van der Waals surface area contributed by atoms with E-state index in [0.29, 0.717) is 48.6 Å². The van der Waals surface area contributed by atoms with Gasteiger partial charge in [-0.05, 0) is 51.3 Å². The van der Waals surface area contributed by atoms with Gasteiger partial charge in [0.25, 0.3) is 0 Å². The Kier molecular flexibility index (Phi) is 8.01. The first-order valence-electron chi connectivity index (χ1n) is 10.4. The van der Waals surface area contributed by atoms with Crippen molar-refractivity contribution in [3.63, 3.8) is 0 Å². The first-order valence-corrected chi connectivity index (χ1v) is 10.4. The Hall–Kier alpha value is -3.18. The van der Waals surface area contributed by atoms with Crippen molar-refractivity contribution in [3.8, 4) is 0 Å². The number of carbonyl (C=O) groups excluding carboxylic acids is 2. The van der Waals surface area contributed by atoms with Crippen LogP contribution in [-0.4, -0.2) is 53.7 Å². The summed E-state index contributed by atoms with van der Waals surface area (Å²) in [5.74, 6) is 0.0768. The van der Waals surface area contributed by atoms with Gasteiger partial charge in [0, 0.05) is 12.2 Å². The van der Waals surface area contributed by atoms with Crippen LogP contribution in [0.5, 0.6) is 0 Å². The summed E-state index contributed by atoms with van der Waals surface area (Å²) in [4.78, 5) is 24.3. The van der Waals surface area contributed by atoms with Crippen LogP contribution in [0.3, 0.4) is 0 Å². The van der Waals surface area contributed by atoms with Gasteiger partial charge in [-0.3, -0.25) is 0 Å². The fourth-order valence-corrected chi connectivity index (χ4v) is 3.58. The summed E-state index contributed by atoms with van der Waals surface area (Å²) in [6.07, 6.45) is 1.04. The van der Waals surface area contributed by atoms with Crippen LogP contribution in [0.4, 0.5) is 25.4 Å². The Morgan fingerprint density at radius 3 is 2.72 bits per heavy atom. The number of aliphatic hydroxyl groups is 1. The highest BCUT2D eigenvalue weighted by atomic mass is 19.1. The normalized spacial score (nSPS) is 20.4. The van der Waals surface area contributed by atoms with E-state index in [1.54, 1.807) is 19.9 Å². The van der Waals surface area contributed by atoms with Crippen molar-refractivity contribution >= 4 is 23.4 Å². The lowest BCUT2D eigenvalue weighted by molar-refractivity contribution is -0.0885. The number of hydrogen-bond acceptors (Lipinski definition) is 6. The molecular weight excluding hydrogens is 421 g/mol. The minimum Gasteiger partial charge on any atom is -0.394 e. The molecule has 2 heterocycles. The number of hydrogen-bond donors (Lipinski definition) is 5. The molecule has 3 atom stereocenters. The minimum absolute atomic E-state index is 0.171. The minimum atomic E-state index is -0.580. The number of aryl methyl sites for hydroxylation is 2. The van der Waals surface area contributed by atoms with Crippen molar-refractivity contribution in [2.75, 3.05) is 23.8 Å². The highest BCUT2D eigenvalue weighted by molar-refractivity contribution is 5.90. The fraction of sp³-hybridized carbons (Fsp3) is 0.476. The standard InChI is InChI=1S/C21H28FN5O5/c1-12-19(13(2)32-27-12)26-20(29)23-9-8-16-6-7-17(18(11-28)31-16)25-21(30)24-15-5-3-4-14(22)10-15/h3-5,10,16-18,28H,6-9,11H2,1-2H3,(H2,23,26,29)(H2,24,25,30)/t16-,17-,18-/m0/s1. The zero-order chi connectivity index (χ0) is 23.1. The molecule has 5 N–H and O–H groups in total. The van der Waals surface area contributed by atoms with Crippen LogP contribution in [0, 0.1) is 19.7 Å². The fourth-order valence-electron chi connectivity index (χ4n) is 3.58. The van der Waals surface area contributed by atoms with E-state index in [9.17, 15) is 19.1 Å². The van der Waals surface area contributed by atoms with Gasteiger partial charge >= 0.3 is 12.1 Å². The molecule has 0 bridgehead atoms. The number of nitrogens with zero attached hydrogens (tertiary/aromatic N) is 1. The van der Waals surface area contributed by atoms with Gasteiger partial charge in [0.2, 0.25) is 0 Å². The second-order valence-electron chi connectivity index (χ2n) is 7.64. The van der Waals surface area contributed by atoms with E-state index in [0.717, 1.165) is 0 Å². The van der Waals surface area contributed by atoms with Crippen LogP contribution in [0.15, 0.2) is 28.8 Å². The van der Waals surface area contributed by atoms with E-state index in [1.165, 1.54) is 18.2 Å². The van der Waals surface area contributed by atoms with Crippen molar-refractivity contribution < 1.29 is 28.3 Å². The predicted octanol–water partition coefficient (Wildman–Crippen LogP) is 2.67. The van der Waals surface area contributed by atoms with E-state index in [-0.39, 0.29) is 24.8 Å². The highest BCUT2D eigenvalue weighted by Gasteiger charge is 2.31. The predicted molar refractivity (Wildman–Crippen MR) is 115 cm³/mol. The van der Waals surface area contributed by atoms with Gasteiger partial charge in [-0.25, -0.2) is 14.0 Å². The third kappa shape index (κ3) is 6.41. The average Bonchev–Trinajstić information content (AvgIpc) is 3.06. The number of rotatable bonds is 7. The Bertz CT molecular complexity index is 918. The van der Waals surface area contributed by atoms with E-state index in [2.05, 4.69) is 26.4 Å². The van der Waals surface area contributed by atoms with Crippen molar-refractivity contribution in [1.29, 1.82) is 0 Å². The molecule has 1 aromatic heterocycles. The maximum absolute atomic E-state index is 13.3. The van der Waals surface area contributed by atoms with Gasteiger partial charge < -0.3 is 35.6 Å². The SMILES string of the molecule is Cc1noc(C)c1NC(=O)NCC[C@@H]1CC[C@H](NC(=O)Nc2cccc(F)c2)[C@H](CO)O1. The molecule has 0 spiro atoms. The number of amides is 4. The maximum atomic E-state index is 13.3. The zero-order valence-corrected chi connectivity index (χ0v) is 18.0. The Morgan fingerprint density at radius 1 is 1.22 bits per heavy atom. The molecule has 1 fully saturated rings. The van der Waals surface area contributed by atoms with Gasteiger partial charge in [0.1, 0.15) is 23.3 Å². The van der Waals surface area contributed by atoms with Crippen molar-refractivity contribution in [3.05, 3.63) is 41.5 Å². The molecule has 0 aliphatic carbocycles. The second-order valence-corrected chi connectivity index (χ2v) is 7.64. The molecule has 10 nitrogen and oxygen atoms in total. The number of urea groups is 2.